The zero-order valence-electron chi connectivity index (χ0n) is 19.3. The number of hydrogen-bond acceptors (Lipinski definition) is 5. The van der Waals surface area contributed by atoms with E-state index >= 15 is 0 Å². The minimum absolute atomic E-state index is 0.00179. The van der Waals surface area contributed by atoms with Crippen molar-refractivity contribution in [1.29, 1.82) is 0 Å². The summed E-state index contributed by atoms with van der Waals surface area (Å²) in [6.07, 6.45) is -1.92. The van der Waals surface area contributed by atoms with Crippen molar-refractivity contribution in [2.45, 2.75) is 32.0 Å². The van der Waals surface area contributed by atoms with E-state index in [0.717, 1.165) is 12.8 Å². The number of amides is 2. The number of imidazole rings is 1. The molecule has 2 amide bonds. The van der Waals surface area contributed by atoms with Crippen LogP contribution in [-0.4, -0.2) is 42.2 Å². The number of fused-ring (bicyclic) bond motifs is 1. The Morgan fingerprint density at radius 3 is 2.54 bits per heavy atom. The molecule has 0 aliphatic heterocycles. The van der Waals surface area contributed by atoms with Gasteiger partial charge in [-0.05, 0) is 38.0 Å². The summed E-state index contributed by atoms with van der Waals surface area (Å²) in [5, 5.41) is 8.86. The number of pyridine rings is 1. The Labute approximate surface area is 217 Å². The molecule has 0 saturated heterocycles. The molecule has 3 heterocycles. The molecule has 14 heteroatoms. The molecule has 1 fully saturated rings. The molecule has 0 atom stereocenters. The molecule has 0 spiro atoms. The number of nitrogens with zero attached hydrogens (tertiary/aromatic N) is 5. The molecule has 9 nitrogen and oxygen atoms in total. The number of aryl methyl sites for hydroxylation is 2. The molecule has 2 N–H and O–H groups in total. The second kappa shape index (κ2) is 9.03. The van der Waals surface area contributed by atoms with Gasteiger partial charge in [0.15, 0.2) is 11.5 Å². The first-order valence-electron chi connectivity index (χ1n) is 11.0. The summed E-state index contributed by atoms with van der Waals surface area (Å²) in [7, 11) is 1.71. The fourth-order valence-corrected chi connectivity index (χ4v) is 4.36. The first kappa shape index (κ1) is 25.0. The van der Waals surface area contributed by atoms with E-state index in [1.165, 1.54) is 24.4 Å². The topological polar surface area (TPSA) is 107 Å². The molecule has 5 rings (SSSR count). The minimum atomic E-state index is -4.85. The molecule has 1 aromatic carbocycles. The van der Waals surface area contributed by atoms with Crippen molar-refractivity contribution in [3.8, 4) is 5.82 Å². The number of halogens is 5. The zero-order chi connectivity index (χ0) is 26.6. The molecular formula is C23H18Cl2F3N7O2. The van der Waals surface area contributed by atoms with Gasteiger partial charge in [-0.15, -0.1) is 0 Å². The van der Waals surface area contributed by atoms with Gasteiger partial charge in [0.2, 0.25) is 0 Å². The molecule has 0 radical (unpaired) electrons. The van der Waals surface area contributed by atoms with Gasteiger partial charge in [-0.3, -0.25) is 9.59 Å². The second-order valence-corrected chi connectivity index (χ2v) is 9.32. The van der Waals surface area contributed by atoms with Crippen LogP contribution in [0.15, 0.2) is 30.5 Å². The lowest BCUT2D eigenvalue weighted by Gasteiger charge is -2.15. The van der Waals surface area contributed by atoms with Crippen LogP contribution < -0.4 is 10.6 Å². The highest BCUT2D eigenvalue weighted by atomic mass is 35.5. The van der Waals surface area contributed by atoms with E-state index in [9.17, 15) is 22.8 Å². The number of carbonyl (C=O) groups is 2. The summed E-state index contributed by atoms with van der Waals surface area (Å²) in [5.41, 5.74) is -1.03. The van der Waals surface area contributed by atoms with Crippen LogP contribution in [0.3, 0.4) is 0 Å². The van der Waals surface area contributed by atoms with E-state index in [-0.39, 0.29) is 33.2 Å². The van der Waals surface area contributed by atoms with Gasteiger partial charge >= 0.3 is 6.18 Å². The third kappa shape index (κ3) is 4.62. The lowest BCUT2D eigenvalue weighted by Crippen LogP contribution is -2.27. The summed E-state index contributed by atoms with van der Waals surface area (Å²) in [6, 6.07) is 4.94. The molecule has 192 valence electrons. The van der Waals surface area contributed by atoms with E-state index in [4.69, 9.17) is 23.2 Å². The Hall–Kier alpha value is -3.64. The SMILES string of the molecule is Cc1nc2cc(C(=O)NC3CC3)c(NC(=O)c3cc(C(F)(F)F)nn3-c3ncccc3Cl)c(Cl)c2n1C. The van der Waals surface area contributed by atoms with E-state index in [1.807, 2.05) is 0 Å². The standard InChI is InChI=1S/C23H18Cl2F3N7O2/c1-10-30-14-8-12(21(36)31-11-5-6-11)18(17(25)19(14)34(10)2)32-22(37)15-9-16(23(26,27)28)33-35(15)20-13(24)4-3-7-29-20/h3-4,7-9,11H,5-6H2,1-2H3,(H,31,36)(H,32,37). The van der Waals surface area contributed by atoms with Gasteiger partial charge < -0.3 is 15.2 Å². The van der Waals surface area contributed by atoms with Gasteiger partial charge in [-0.25, -0.2) is 14.6 Å². The van der Waals surface area contributed by atoms with Crippen molar-refractivity contribution in [1.82, 2.24) is 29.6 Å². The average Bonchev–Trinajstić information content (AvgIpc) is 3.43. The average molecular weight is 552 g/mol. The Morgan fingerprint density at radius 2 is 1.89 bits per heavy atom. The quantitative estimate of drug-likeness (QED) is 0.365. The van der Waals surface area contributed by atoms with Crippen LogP contribution in [0, 0.1) is 6.92 Å². The van der Waals surface area contributed by atoms with Gasteiger partial charge in [0, 0.05) is 25.4 Å². The summed E-state index contributed by atoms with van der Waals surface area (Å²) in [5.74, 6) is -1.08. The number of carbonyl (C=O) groups excluding carboxylic acids is 2. The van der Waals surface area contributed by atoms with E-state index in [0.29, 0.717) is 27.6 Å². The van der Waals surface area contributed by atoms with Gasteiger partial charge in [0.25, 0.3) is 11.8 Å². The van der Waals surface area contributed by atoms with Crippen molar-refractivity contribution >= 4 is 51.7 Å². The van der Waals surface area contributed by atoms with Crippen LogP contribution >= 0.6 is 23.2 Å². The highest BCUT2D eigenvalue weighted by Gasteiger charge is 2.37. The van der Waals surface area contributed by atoms with Crippen molar-refractivity contribution in [3.05, 3.63) is 63.3 Å². The Morgan fingerprint density at radius 1 is 1.16 bits per heavy atom. The number of alkyl halides is 3. The van der Waals surface area contributed by atoms with Crippen LogP contribution in [0.4, 0.5) is 18.9 Å². The van der Waals surface area contributed by atoms with Crippen LogP contribution in [0.5, 0.6) is 0 Å². The Kier molecular flexibility index (Phi) is 6.11. The molecule has 0 unspecified atom stereocenters. The number of anilines is 1. The number of benzene rings is 1. The molecule has 3 aromatic heterocycles. The molecule has 4 aromatic rings. The van der Waals surface area contributed by atoms with Gasteiger partial charge in [-0.1, -0.05) is 23.2 Å². The predicted octanol–water partition coefficient (Wildman–Crippen LogP) is 4.93. The molecule has 1 aliphatic carbocycles. The predicted molar refractivity (Wildman–Crippen MR) is 130 cm³/mol. The van der Waals surface area contributed by atoms with Gasteiger partial charge in [-0.2, -0.15) is 18.3 Å². The summed E-state index contributed by atoms with van der Waals surface area (Å²) in [6.45, 7) is 1.74. The monoisotopic (exact) mass is 551 g/mol. The van der Waals surface area contributed by atoms with E-state index < -0.39 is 29.4 Å². The fraction of sp³-hybridized carbons (Fsp3) is 0.261. The Bertz CT molecular complexity index is 1570. The second-order valence-electron chi connectivity index (χ2n) is 8.53. The number of hydrogen-bond donors (Lipinski definition) is 2. The van der Waals surface area contributed by atoms with Gasteiger partial charge in [0.05, 0.1) is 32.3 Å². The van der Waals surface area contributed by atoms with Crippen molar-refractivity contribution in [3.63, 3.8) is 0 Å². The molecule has 1 aliphatic rings. The number of aromatic nitrogens is 5. The van der Waals surface area contributed by atoms with Crippen LogP contribution in [0.1, 0.15) is 45.2 Å². The summed E-state index contributed by atoms with van der Waals surface area (Å²) < 4.78 is 43.0. The van der Waals surface area contributed by atoms with Crippen molar-refractivity contribution < 1.29 is 22.8 Å². The van der Waals surface area contributed by atoms with E-state index in [2.05, 4.69) is 25.7 Å². The van der Waals surface area contributed by atoms with Gasteiger partial charge in [0.1, 0.15) is 11.5 Å². The van der Waals surface area contributed by atoms with Crippen molar-refractivity contribution in [2.75, 3.05) is 5.32 Å². The van der Waals surface area contributed by atoms with Crippen molar-refractivity contribution in [2.24, 2.45) is 7.05 Å². The largest absolute Gasteiger partial charge is 0.435 e. The molecule has 37 heavy (non-hydrogen) atoms. The maximum absolute atomic E-state index is 13.5. The number of nitrogens with one attached hydrogen (secondary N) is 2. The zero-order valence-corrected chi connectivity index (χ0v) is 20.8. The fourth-order valence-electron chi connectivity index (χ4n) is 3.79. The summed E-state index contributed by atoms with van der Waals surface area (Å²) in [4.78, 5) is 34.8. The smallest absolute Gasteiger partial charge is 0.349 e. The highest BCUT2D eigenvalue weighted by Crippen LogP contribution is 2.36. The van der Waals surface area contributed by atoms with Crippen LogP contribution in [0.2, 0.25) is 10.0 Å². The number of rotatable bonds is 5. The summed E-state index contributed by atoms with van der Waals surface area (Å²) >= 11 is 12.8. The first-order valence-corrected chi connectivity index (χ1v) is 11.8. The minimum Gasteiger partial charge on any atom is -0.349 e. The van der Waals surface area contributed by atoms with Crippen LogP contribution in [0.25, 0.3) is 16.9 Å². The third-order valence-corrected chi connectivity index (χ3v) is 6.55. The van der Waals surface area contributed by atoms with E-state index in [1.54, 1.807) is 18.5 Å². The molecular weight excluding hydrogens is 534 g/mol. The highest BCUT2D eigenvalue weighted by molar-refractivity contribution is 6.39. The van der Waals surface area contributed by atoms with Crippen LogP contribution in [-0.2, 0) is 13.2 Å². The molecule has 0 bridgehead atoms. The maximum atomic E-state index is 13.5. The third-order valence-electron chi connectivity index (χ3n) is 5.89. The molecule has 1 saturated carbocycles. The Balaban J connectivity index is 1.64. The maximum Gasteiger partial charge on any atom is 0.435 e. The lowest BCUT2D eigenvalue weighted by molar-refractivity contribution is -0.141. The first-order chi connectivity index (χ1) is 17.5. The lowest BCUT2D eigenvalue weighted by atomic mass is 10.1. The normalized spacial score (nSPS) is 13.7.